The van der Waals surface area contributed by atoms with E-state index in [9.17, 15) is 0 Å². The average molecular weight is 457 g/mol. The molecule has 0 aliphatic carbocycles. The van der Waals surface area contributed by atoms with E-state index in [1.54, 1.807) is 21.6 Å². The lowest BCUT2D eigenvalue weighted by Crippen LogP contribution is -3.27. The van der Waals surface area contributed by atoms with Gasteiger partial charge in [0, 0.05) is 32.4 Å². The van der Waals surface area contributed by atoms with Crippen LogP contribution in [0.4, 0.5) is 0 Å². The third-order valence-corrected chi connectivity index (χ3v) is 8.36. The van der Waals surface area contributed by atoms with Crippen LogP contribution in [0.3, 0.4) is 0 Å². The van der Waals surface area contributed by atoms with Crippen molar-refractivity contribution in [2.75, 3.05) is 26.2 Å². The fourth-order valence-corrected chi connectivity index (χ4v) is 6.47. The number of halogens is 2. The van der Waals surface area contributed by atoms with Crippen molar-refractivity contribution < 1.29 is 9.80 Å². The fraction of sp³-hybridized carbons (Fsp3) is 0.280. The van der Waals surface area contributed by atoms with E-state index in [2.05, 4.69) is 54.6 Å². The predicted molar refractivity (Wildman–Crippen MR) is 125 cm³/mol. The second kappa shape index (κ2) is 8.94. The van der Waals surface area contributed by atoms with Gasteiger partial charge in [0.25, 0.3) is 0 Å². The molecule has 2 N–H and O–H groups in total. The number of hydrogen-bond acceptors (Lipinski definition) is 1. The highest BCUT2D eigenvalue weighted by Gasteiger charge is 2.35. The molecule has 2 aliphatic heterocycles. The first kappa shape index (κ1) is 20.4. The number of nitrogens with one attached hydrogen (secondary N) is 2. The molecule has 30 heavy (non-hydrogen) atoms. The Morgan fingerprint density at radius 1 is 0.867 bits per heavy atom. The number of rotatable bonds is 3. The SMILES string of the molecule is Clc1ccc2c(c1)C[C@@H]([NH+]1CC[NH+](Cc3ccccc3)CC1)c1cccc(Cl)c1S2. The Morgan fingerprint density at radius 2 is 1.67 bits per heavy atom. The quantitative estimate of drug-likeness (QED) is 0.610. The van der Waals surface area contributed by atoms with Gasteiger partial charge in [-0.2, -0.15) is 0 Å². The highest BCUT2D eigenvalue weighted by atomic mass is 35.5. The second-order valence-electron chi connectivity index (χ2n) is 8.34. The molecule has 0 spiro atoms. The molecule has 0 bridgehead atoms. The summed E-state index contributed by atoms with van der Waals surface area (Å²) < 4.78 is 0. The van der Waals surface area contributed by atoms with E-state index < -0.39 is 0 Å². The van der Waals surface area contributed by atoms with Gasteiger partial charge in [0.05, 0.1) is 5.02 Å². The zero-order chi connectivity index (χ0) is 20.5. The molecule has 3 aromatic carbocycles. The smallest absolute Gasteiger partial charge is 0.128 e. The number of piperazine rings is 1. The minimum atomic E-state index is 0.421. The predicted octanol–water partition coefficient (Wildman–Crippen LogP) is 3.73. The van der Waals surface area contributed by atoms with Gasteiger partial charge in [-0.25, -0.2) is 0 Å². The Bertz CT molecular complexity index is 1030. The van der Waals surface area contributed by atoms with Crippen molar-refractivity contribution in [1.29, 1.82) is 0 Å². The average Bonchev–Trinajstić information content (AvgIpc) is 2.93. The Morgan fingerprint density at radius 3 is 2.47 bits per heavy atom. The lowest BCUT2D eigenvalue weighted by molar-refractivity contribution is -1.03. The minimum Gasteiger partial charge on any atom is -0.322 e. The van der Waals surface area contributed by atoms with Crippen molar-refractivity contribution in [1.82, 2.24) is 0 Å². The van der Waals surface area contributed by atoms with Crippen molar-refractivity contribution in [3.63, 3.8) is 0 Å². The van der Waals surface area contributed by atoms with E-state index in [1.165, 1.54) is 52.7 Å². The molecule has 3 aromatic rings. The van der Waals surface area contributed by atoms with Gasteiger partial charge in [-0.15, -0.1) is 0 Å². The van der Waals surface area contributed by atoms with Crippen molar-refractivity contribution in [2.24, 2.45) is 0 Å². The van der Waals surface area contributed by atoms with Gasteiger partial charge in [-0.05, 0) is 29.8 Å². The molecular formula is C25H26Cl2N2S+2. The summed E-state index contributed by atoms with van der Waals surface area (Å²) in [7, 11) is 0. The molecule has 0 saturated carbocycles. The summed E-state index contributed by atoms with van der Waals surface area (Å²) in [4.78, 5) is 5.85. The molecule has 2 heterocycles. The third kappa shape index (κ3) is 4.28. The van der Waals surface area contributed by atoms with Gasteiger partial charge >= 0.3 is 0 Å². The molecule has 5 rings (SSSR count). The summed E-state index contributed by atoms with van der Waals surface area (Å²) >= 11 is 14.8. The highest BCUT2D eigenvalue weighted by Crippen LogP contribution is 2.44. The standard InChI is InChI=1S/C25H24Cl2N2S/c26-20-9-10-24-19(15-20)16-23(21-7-4-8-22(27)25(21)30-24)29-13-11-28(12-14-29)17-18-5-2-1-3-6-18/h1-10,15,23H,11-14,16-17H2/p+2/t23-/m1/s1. The van der Waals surface area contributed by atoms with Crippen LogP contribution < -0.4 is 9.80 Å². The molecule has 0 aromatic heterocycles. The monoisotopic (exact) mass is 456 g/mol. The van der Waals surface area contributed by atoms with E-state index in [-0.39, 0.29) is 0 Å². The number of quaternary nitrogens is 2. The van der Waals surface area contributed by atoms with Gasteiger partial charge in [-0.1, -0.05) is 77.4 Å². The van der Waals surface area contributed by atoms with E-state index in [1.807, 2.05) is 12.1 Å². The van der Waals surface area contributed by atoms with Crippen LogP contribution in [0.5, 0.6) is 0 Å². The molecule has 0 unspecified atom stereocenters. The molecule has 0 radical (unpaired) electrons. The van der Waals surface area contributed by atoms with Gasteiger partial charge in [-0.3, -0.25) is 0 Å². The largest absolute Gasteiger partial charge is 0.322 e. The molecule has 1 fully saturated rings. The van der Waals surface area contributed by atoms with Crippen LogP contribution >= 0.6 is 35.0 Å². The van der Waals surface area contributed by atoms with Gasteiger partial charge in [0.15, 0.2) is 0 Å². The topological polar surface area (TPSA) is 8.88 Å². The summed E-state index contributed by atoms with van der Waals surface area (Å²) in [6.45, 7) is 5.88. The summed E-state index contributed by atoms with van der Waals surface area (Å²) in [5, 5.41) is 1.68. The molecule has 5 heteroatoms. The lowest BCUT2D eigenvalue weighted by Gasteiger charge is -2.35. The number of benzene rings is 3. The summed E-state index contributed by atoms with van der Waals surface area (Å²) in [6.07, 6.45) is 1.01. The van der Waals surface area contributed by atoms with Crippen LogP contribution in [0.2, 0.25) is 10.0 Å². The van der Waals surface area contributed by atoms with Crippen LogP contribution in [-0.2, 0) is 13.0 Å². The zero-order valence-electron chi connectivity index (χ0n) is 16.8. The number of fused-ring (bicyclic) bond motifs is 2. The lowest BCUT2D eigenvalue weighted by atomic mass is 9.96. The summed E-state index contributed by atoms with van der Waals surface area (Å²) in [5.74, 6) is 0. The first-order valence-corrected chi connectivity index (χ1v) is 12.2. The molecule has 0 amide bonds. The van der Waals surface area contributed by atoms with Gasteiger partial charge < -0.3 is 9.80 Å². The zero-order valence-corrected chi connectivity index (χ0v) is 19.2. The van der Waals surface area contributed by atoms with E-state index in [4.69, 9.17) is 23.2 Å². The van der Waals surface area contributed by atoms with Crippen molar-refractivity contribution in [3.8, 4) is 0 Å². The molecule has 1 saturated heterocycles. The first-order chi connectivity index (χ1) is 14.7. The maximum Gasteiger partial charge on any atom is 0.128 e. The second-order valence-corrected chi connectivity index (χ2v) is 10.2. The van der Waals surface area contributed by atoms with Crippen molar-refractivity contribution in [3.05, 3.63) is 93.5 Å². The van der Waals surface area contributed by atoms with Crippen LogP contribution in [0.25, 0.3) is 0 Å². The number of hydrogen-bond donors (Lipinski definition) is 2. The van der Waals surface area contributed by atoms with Crippen LogP contribution in [0, 0.1) is 0 Å². The Hall–Kier alpha value is -1.49. The van der Waals surface area contributed by atoms with Crippen molar-refractivity contribution >= 4 is 35.0 Å². The fourth-order valence-electron chi connectivity index (χ4n) is 4.85. The van der Waals surface area contributed by atoms with E-state index in [0.29, 0.717) is 6.04 Å². The summed E-state index contributed by atoms with van der Waals surface area (Å²) in [6, 6.07) is 24.0. The first-order valence-electron chi connectivity index (χ1n) is 10.6. The van der Waals surface area contributed by atoms with E-state index in [0.717, 1.165) is 23.0 Å². The maximum absolute atomic E-state index is 6.67. The van der Waals surface area contributed by atoms with Crippen LogP contribution in [0.15, 0.2) is 76.5 Å². The third-order valence-electron chi connectivity index (χ3n) is 6.42. The Kier molecular flexibility index (Phi) is 6.08. The van der Waals surface area contributed by atoms with Gasteiger partial charge in [0.1, 0.15) is 38.8 Å². The summed E-state index contributed by atoms with van der Waals surface area (Å²) in [5.41, 5.74) is 4.17. The maximum atomic E-state index is 6.67. The molecule has 2 aliphatic rings. The van der Waals surface area contributed by atoms with Crippen molar-refractivity contribution in [2.45, 2.75) is 28.8 Å². The minimum absolute atomic E-state index is 0.421. The van der Waals surface area contributed by atoms with E-state index >= 15 is 0 Å². The van der Waals surface area contributed by atoms with Gasteiger partial charge in [0.2, 0.25) is 0 Å². The molecule has 154 valence electrons. The molecule has 2 nitrogen and oxygen atoms in total. The highest BCUT2D eigenvalue weighted by molar-refractivity contribution is 7.99. The molecular weight excluding hydrogens is 431 g/mol. The Labute approximate surface area is 192 Å². The van der Waals surface area contributed by atoms with Crippen LogP contribution in [0.1, 0.15) is 22.7 Å². The normalized spacial score (nSPS) is 23.3. The van der Waals surface area contributed by atoms with Crippen LogP contribution in [-0.4, -0.2) is 26.2 Å². The molecule has 1 atom stereocenters. The Balaban J connectivity index is 1.39.